The van der Waals surface area contributed by atoms with E-state index in [9.17, 15) is 0 Å². The molecular formula is C30H32N4S. The third-order valence-corrected chi connectivity index (χ3v) is 7.63. The highest BCUT2D eigenvalue weighted by Gasteiger charge is 2.42. The number of aryl methyl sites for hydroxylation is 5. The zero-order chi connectivity index (χ0) is 24.9. The molecule has 2 aromatic heterocycles. The van der Waals surface area contributed by atoms with E-state index in [1.54, 1.807) is 0 Å². The van der Waals surface area contributed by atoms with Crippen LogP contribution in [0.4, 0.5) is 5.69 Å². The molecule has 1 fully saturated rings. The summed E-state index contributed by atoms with van der Waals surface area (Å²) >= 11 is 5.95. The fourth-order valence-electron chi connectivity index (χ4n) is 5.41. The Morgan fingerprint density at radius 3 is 2.20 bits per heavy atom. The summed E-state index contributed by atoms with van der Waals surface area (Å²) < 4.78 is 2.40. The average molecular weight is 481 g/mol. The second kappa shape index (κ2) is 8.97. The first kappa shape index (κ1) is 23.3. The van der Waals surface area contributed by atoms with Gasteiger partial charge in [0.15, 0.2) is 5.11 Å². The summed E-state index contributed by atoms with van der Waals surface area (Å²) in [6.07, 6.45) is 1.86. The van der Waals surface area contributed by atoms with Crippen LogP contribution in [-0.2, 0) is 0 Å². The van der Waals surface area contributed by atoms with Crippen molar-refractivity contribution in [2.75, 3.05) is 4.90 Å². The second-order valence-electron chi connectivity index (χ2n) is 9.67. The van der Waals surface area contributed by atoms with E-state index in [0.717, 1.165) is 16.5 Å². The Kier molecular flexibility index (Phi) is 5.97. The van der Waals surface area contributed by atoms with Crippen molar-refractivity contribution in [1.29, 1.82) is 0 Å². The van der Waals surface area contributed by atoms with Gasteiger partial charge in [0.2, 0.25) is 0 Å². The molecule has 0 aliphatic carbocycles. The van der Waals surface area contributed by atoms with Gasteiger partial charge in [0, 0.05) is 23.3 Å². The molecule has 1 saturated heterocycles. The lowest BCUT2D eigenvalue weighted by Crippen LogP contribution is -2.29. The number of hydrogen-bond donors (Lipinski definition) is 1. The maximum absolute atomic E-state index is 5.95. The molecule has 1 N–H and O–H groups in total. The van der Waals surface area contributed by atoms with Crippen molar-refractivity contribution in [1.82, 2.24) is 14.9 Å². The van der Waals surface area contributed by atoms with Crippen LogP contribution < -0.4 is 10.2 Å². The smallest absolute Gasteiger partial charge is 0.174 e. The molecular weight excluding hydrogens is 448 g/mol. The molecule has 0 spiro atoms. The van der Waals surface area contributed by atoms with Crippen LogP contribution in [0.5, 0.6) is 0 Å². The van der Waals surface area contributed by atoms with Crippen LogP contribution in [0.15, 0.2) is 66.9 Å². The van der Waals surface area contributed by atoms with E-state index < -0.39 is 0 Å². The van der Waals surface area contributed by atoms with Crippen LogP contribution in [0, 0.1) is 41.5 Å². The molecule has 0 bridgehead atoms. The van der Waals surface area contributed by atoms with Crippen molar-refractivity contribution in [3.63, 3.8) is 0 Å². The summed E-state index contributed by atoms with van der Waals surface area (Å²) in [5.74, 6) is 0. The molecule has 2 atom stereocenters. The van der Waals surface area contributed by atoms with Crippen molar-refractivity contribution in [3.8, 4) is 5.69 Å². The van der Waals surface area contributed by atoms with Gasteiger partial charge in [0.1, 0.15) is 0 Å². The van der Waals surface area contributed by atoms with Gasteiger partial charge < -0.3 is 14.8 Å². The molecule has 3 heterocycles. The maximum atomic E-state index is 5.95. The highest BCUT2D eigenvalue weighted by Crippen LogP contribution is 2.44. The number of nitrogens with one attached hydrogen (secondary N) is 1. The lowest BCUT2D eigenvalue weighted by Gasteiger charge is -2.29. The number of anilines is 1. The monoisotopic (exact) mass is 480 g/mol. The Bertz CT molecular complexity index is 1400. The van der Waals surface area contributed by atoms with Gasteiger partial charge >= 0.3 is 0 Å². The topological polar surface area (TPSA) is 33.1 Å². The van der Waals surface area contributed by atoms with Gasteiger partial charge in [-0.15, -0.1) is 0 Å². The third-order valence-electron chi connectivity index (χ3n) is 7.32. The van der Waals surface area contributed by atoms with Gasteiger partial charge in [0.05, 0.1) is 23.5 Å². The van der Waals surface area contributed by atoms with Crippen LogP contribution in [0.1, 0.15) is 57.0 Å². The molecule has 0 radical (unpaired) electrons. The predicted octanol–water partition coefficient (Wildman–Crippen LogP) is 6.90. The molecule has 4 aromatic rings. The number of para-hydroxylation sites is 1. The van der Waals surface area contributed by atoms with E-state index in [4.69, 9.17) is 17.2 Å². The standard InChI is InChI=1S/C30H32N4S/c1-18-13-14-24(16-21(18)4)34-29(27(32-30(34)35)26-12-7-8-15-31-26)25-17-22(5)33(23(25)6)28-19(2)10-9-11-20(28)3/h7-17,27,29H,1-6H3,(H,32,35)/t27-,29-/m0/s1. The summed E-state index contributed by atoms with van der Waals surface area (Å²) in [6, 6.07) is 21.4. The quantitative estimate of drug-likeness (QED) is 0.322. The largest absolute Gasteiger partial charge is 0.351 e. The molecule has 5 heteroatoms. The molecule has 1 aliphatic rings. The van der Waals surface area contributed by atoms with E-state index in [1.165, 1.54) is 44.9 Å². The summed E-state index contributed by atoms with van der Waals surface area (Å²) in [4.78, 5) is 7.00. The summed E-state index contributed by atoms with van der Waals surface area (Å²) in [7, 11) is 0. The normalized spacial score (nSPS) is 17.7. The summed E-state index contributed by atoms with van der Waals surface area (Å²) in [5.41, 5.74) is 12.1. The SMILES string of the molecule is Cc1ccc(N2C(=S)N[C@@H](c3ccccn3)[C@@H]2c2cc(C)n(-c3c(C)cccc3C)c2C)cc1C. The zero-order valence-electron chi connectivity index (χ0n) is 21.3. The van der Waals surface area contributed by atoms with Crippen LogP contribution in [0.3, 0.4) is 0 Å². The average Bonchev–Trinajstić information content (AvgIpc) is 3.32. The Morgan fingerprint density at radius 2 is 1.54 bits per heavy atom. The molecule has 4 nitrogen and oxygen atoms in total. The van der Waals surface area contributed by atoms with Crippen molar-refractivity contribution in [3.05, 3.63) is 112 Å². The Hall–Kier alpha value is -3.44. The zero-order valence-corrected chi connectivity index (χ0v) is 22.1. The van der Waals surface area contributed by atoms with Crippen molar-refractivity contribution in [2.45, 2.75) is 53.6 Å². The van der Waals surface area contributed by atoms with Gasteiger partial charge in [-0.2, -0.15) is 0 Å². The highest BCUT2D eigenvalue weighted by atomic mass is 32.1. The lowest BCUT2D eigenvalue weighted by molar-refractivity contribution is 0.565. The molecule has 0 saturated carbocycles. The number of pyridine rings is 1. The number of hydrogen-bond acceptors (Lipinski definition) is 2. The first-order chi connectivity index (χ1) is 16.8. The van der Waals surface area contributed by atoms with Crippen LogP contribution in [0.25, 0.3) is 5.69 Å². The van der Waals surface area contributed by atoms with Gasteiger partial charge in [-0.25, -0.2) is 0 Å². The number of rotatable bonds is 4. The van der Waals surface area contributed by atoms with Gasteiger partial charge in [-0.05, 0) is 112 Å². The van der Waals surface area contributed by atoms with Crippen molar-refractivity contribution >= 4 is 23.0 Å². The van der Waals surface area contributed by atoms with E-state index in [2.05, 4.69) is 105 Å². The summed E-state index contributed by atoms with van der Waals surface area (Å²) in [5, 5.41) is 4.33. The van der Waals surface area contributed by atoms with Crippen molar-refractivity contribution < 1.29 is 0 Å². The first-order valence-electron chi connectivity index (χ1n) is 12.1. The van der Waals surface area contributed by atoms with Gasteiger partial charge in [-0.1, -0.05) is 30.3 Å². The number of aromatic nitrogens is 2. The fourth-order valence-corrected chi connectivity index (χ4v) is 5.76. The molecule has 1 aliphatic heterocycles. The minimum absolute atomic E-state index is 0.0243. The van der Waals surface area contributed by atoms with Crippen LogP contribution in [-0.4, -0.2) is 14.7 Å². The van der Waals surface area contributed by atoms with Crippen LogP contribution >= 0.6 is 12.2 Å². The number of nitrogens with zero attached hydrogens (tertiary/aromatic N) is 3. The Morgan fingerprint density at radius 1 is 0.800 bits per heavy atom. The second-order valence-corrected chi connectivity index (χ2v) is 10.1. The van der Waals surface area contributed by atoms with Gasteiger partial charge in [-0.3, -0.25) is 4.98 Å². The molecule has 178 valence electrons. The highest BCUT2D eigenvalue weighted by molar-refractivity contribution is 7.80. The molecule has 35 heavy (non-hydrogen) atoms. The summed E-state index contributed by atoms with van der Waals surface area (Å²) in [6.45, 7) is 13.1. The van der Waals surface area contributed by atoms with E-state index in [1.807, 2.05) is 18.3 Å². The van der Waals surface area contributed by atoms with E-state index >= 15 is 0 Å². The number of benzene rings is 2. The Balaban J connectivity index is 1.72. The number of thiocarbonyl (C=S) groups is 1. The fraction of sp³-hybridized carbons (Fsp3) is 0.267. The van der Waals surface area contributed by atoms with Gasteiger partial charge in [0.25, 0.3) is 0 Å². The van der Waals surface area contributed by atoms with E-state index in [0.29, 0.717) is 0 Å². The Labute approximate surface area is 213 Å². The minimum Gasteiger partial charge on any atom is -0.351 e. The third kappa shape index (κ3) is 3.94. The minimum atomic E-state index is -0.0581. The van der Waals surface area contributed by atoms with Crippen molar-refractivity contribution in [2.24, 2.45) is 0 Å². The first-order valence-corrected chi connectivity index (χ1v) is 12.5. The maximum Gasteiger partial charge on any atom is 0.174 e. The van der Waals surface area contributed by atoms with Crippen LogP contribution in [0.2, 0.25) is 0 Å². The molecule has 2 aromatic carbocycles. The predicted molar refractivity (Wildman–Crippen MR) is 149 cm³/mol. The van der Waals surface area contributed by atoms with E-state index in [-0.39, 0.29) is 12.1 Å². The molecule has 0 unspecified atom stereocenters. The molecule has 5 rings (SSSR count). The lowest BCUT2D eigenvalue weighted by atomic mass is 9.96. The molecule has 0 amide bonds.